The molecule has 2 amide bonds. The van der Waals surface area contributed by atoms with Crippen molar-refractivity contribution in [3.63, 3.8) is 0 Å². The lowest BCUT2D eigenvalue weighted by atomic mass is 10.2. The average Bonchev–Trinajstić information content (AvgIpc) is 2.75. The first-order chi connectivity index (χ1) is 14.5. The molecule has 6 nitrogen and oxygen atoms in total. The lowest BCUT2D eigenvalue weighted by molar-refractivity contribution is -0.118. The van der Waals surface area contributed by atoms with Gasteiger partial charge in [-0.2, -0.15) is 5.10 Å². The minimum Gasteiger partial charge on any atom is -0.484 e. The maximum absolute atomic E-state index is 12.0. The largest absolute Gasteiger partial charge is 0.484 e. The molecule has 0 radical (unpaired) electrons. The van der Waals surface area contributed by atoms with E-state index in [1.807, 2.05) is 0 Å². The molecule has 8 heteroatoms. The number of hydrazone groups is 1. The van der Waals surface area contributed by atoms with E-state index in [-0.39, 0.29) is 18.4 Å². The number of nitrogens with zero attached hydrogens (tertiary/aromatic N) is 1. The van der Waals surface area contributed by atoms with Crippen LogP contribution >= 0.6 is 23.2 Å². The van der Waals surface area contributed by atoms with Crippen LogP contribution in [0.4, 0.5) is 5.69 Å². The highest BCUT2D eigenvalue weighted by molar-refractivity contribution is 6.31. The maximum atomic E-state index is 12.0. The van der Waals surface area contributed by atoms with Crippen molar-refractivity contribution in [2.75, 3.05) is 11.9 Å². The summed E-state index contributed by atoms with van der Waals surface area (Å²) in [6, 6.07) is 20.2. The zero-order valence-electron chi connectivity index (χ0n) is 15.6. The fourth-order valence-corrected chi connectivity index (χ4v) is 2.65. The number of rotatable bonds is 7. The zero-order valence-corrected chi connectivity index (χ0v) is 17.2. The van der Waals surface area contributed by atoms with Crippen LogP contribution in [0.2, 0.25) is 10.0 Å². The molecule has 152 valence electrons. The quantitative estimate of drug-likeness (QED) is 0.409. The van der Waals surface area contributed by atoms with Gasteiger partial charge in [0.05, 0.1) is 6.21 Å². The van der Waals surface area contributed by atoms with Crippen molar-refractivity contribution in [3.8, 4) is 5.75 Å². The molecule has 0 saturated heterocycles. The van der Waals surface area contributed by atoms with Crippen molar-refractivity contribution in [2.24, 2.45) is 5.10 Å². The summed E-state index contributed by atoms with van der Waals surface area (Å²) >= 11 is 11.6. The fourth-order valence-electron chi connectivity index (χ4n) is 2.40. The van der Waals surface area contributed by atoms with Gasteiger partial charge in [-0.3, -0.25) is 9.59 Å². The summed E-state index contributed by atoms with van der Waals surface area (Å²) in [5, 5.41) is 7.79. The Morgan fingerprint density at radius 1 is 0.933 bits per heavy atom. The highest BCUT2D eigenvalue weighted by Crippen LogP contribution is 2.15. The summed E-state index contributed by atoms with van der Waals surface area (Å²) in [7, 11) is 0. The minimum absolute atomic E-state index is 0.156. The summed E-state index contributed by atoms with van der Waals surface area (Å²) in [6.45, 7) is -0.156. The second-order valence-corrected chi connectivity index (χ2v) is 7.00. The number of nitrogens with one attached hydrogen (secondary N) is 2. The number of benzene rings is 3. The Hall–Kier alpha value is -3.35. The first-order valence-electron chi connectivity index (χ1n) is 8.87. The van der Waals surface area contributed by atoms with Gasteiger partial charge in [-0.25, -0.2) is 5.43 Å². The maximum Gasteiger partial charge on any atom is 0.271 e. The Bertz CT molecular complexity index is 1050. The van der Waals surface area contributed by atoms with Crippen molar-refractivity contribution in [2.45, 2.75) is 0 Å². The molecule has 3 rings (SSSR count). The molecule has 0 heterocycles. The van der Waals surface area contributed by atoms with Crippen LogP contribution in [0.3, 0.4) is 0 Å². The molecular formula is C22H17Cl2N3O3. The minimum atomic E-state index is -0.353. The molecule has 0 bridgehead atoms. The summed E-state index contributed by atoms with van der Waals surface area (Å²) < 4.78 is 5.51. The SMILES string of the molecule is O=C(COc1cccc(/C=N/NC(=O)c2ccc(Cl)cc2)c1)Nc1ccc(Cl)cc1. The molecule has 0 unspecified atom stereocenters. The van der Waals surface area contributed by atoms with Crippen molar-refractivity contribution >= 4 is 46.9 Å². The van der Waals surface area contributed by atoms with Crippen LogP contribution in [-0.2, 0) is 4.79 Å². The molecule has 2 N–H and O–H groups in total. The molecule has 3 aromatic carbocycles. The van der Waals surface area contributed by atoms with Crippen LogP contribution in [0.15, 0.2) is 77.9 Å². The van der Waals surface area contributed by atoms with Crippen molar-refractivity contribution in [3.05, 3.63) is 94.0 Å². The molecule has 30 heavy (non-hydrogen) atoms. The zero-order chi connectivity index (χ0) is 21.3. The Kier molecular flexibility index (Phi) is 7.43. The lowest BCUT2D eigenvalue weighted by Gasteiger charge is -2.08. The van der Waals surface area contributed by atoms with Crippen molar-refractivity contribution < 1.29 is 14.3 Å². The third kappa shape index (κ3) is 6.62. The van der Waals surface area contributed by atoms with E-state index in [1.165, 1.54) is 6.21 Å². The highest BCUT2D eigenvalue weighted by atomic mass is 35.5. The average molecular weight is 442 g/mol. The molecule has 0 aliphatic carbocycles. The lowest BCUT2D eigenvalue weighted by Crippen LogP contribution is -2.20. The van der Waals surface area contributed by atoms with Gasteiger partial charge in [-0.05, 0) is 66.2 Å². The first kappa shape index (κ1) is 21.4. The van der Waals surface area contributed by atoms with Gasteiger partial charge in [0.2, 0.25) is 0 Å². The number of carbonyl (C=O) groups is 2. The third-order valence-electron chi connectivity index (χ3n) is 3.84. The van der Waals surface area contributed by atoms with Gasteiger partial charge in [-0.15, -0.1) is 0 Å². The molecule has 0 atom stereocenters. The van der Waals surface area contributed by atoms with E-state index in [4.69, 9.17) is 27.9 Å². The standard InChI is InChI=1S/C22H17Cl2N3O3/c23-17-6-4-16(5-7-17)22(29)27-25-13-15-2-1-3-20(12-15)30-14-21(28)26-19-10-8-18(24)9-11-19/h1-13H,14H2,(H,26,28)(H,27,29)/b25-13+. The number of carbonyl (C=O) groups excluding carboxylic acids is 2. The van der Waals surface area contributed by atoms with Crippen LogP contribution in [0, 0.1) is 0 Å². The molecule has 0 aliphatic heterocycles. The second kappa shape index (κ2) is 10.4. The molecule has 0 aromatic heterocycles. The van der Waals surface area contributed by atoms with Crippen molar-refractivity contribution in [1.82, 2.24) is 5.43 Å². The smallest absolute Gasteiger partial charge is 0.271 e. The number of anilines is 1. The summed E-state index contributed by atoms with van der Waals surface area (Å²) in [4.78, 5) is 24.0. The molecular weight excluding hydrogens is 425 g/mol. The van der Waals surface area contributed by atoms with Crippen LogP contribution in [-0.4, -0.2) is 24.6 Å². The first-order valence-corrected chi connectivity index (χ1v) is 9.62. The molecule has 3 aromatic rings. The molecule has 0 aliphatic rings. The Morgan fingerprint density at radius 3 is 2.30 bits per heavy atom. The normalized spacial score (nSPS) is 10.6. The van der Waals surface area contributed by atoms with Gasteiger partial charge in [0, 0.05) is 21.3 Å². The van der Waals surface area contributed by atoms with E-state index in [9.17, 15) is 9.59 Å². The number of hydrogen-bond donors (Lipinski definition) is 2. The van der Waals surface area contributed by atoms with Gasteiger partial charge in [0.25, 0.3) is 11.8 Å². The predicted molar refractivity (Wildman–Crippen MR) is 119 cm³/mol. The van der Waals surface area contributed by atoms with E-state index in [1.54, 1.807) is 72.8 Å². The molecule has 0 spiro atoms. The van der Waals surface area contributed by atoms with Crippen LogP contribution in [0.5, 0.6) is 5.75 Å². The van der Waals surface area contributed by atoms with E-state index >= 15 is 0 Å². The summed E-state index contributed by atoms with van der Waals surface area (Å²) in [5.74, 6) is -0.157. The topological polar surface area (TPSA) is 79.8 Å². The Balaban J connectivity index is 1.50. The summed E-state index contributed by atoms with van der Waals surface area (Å²) in [5.41, 5.74) is 4.21. The van der Waals surface area contributed by atoms with Crippen LogP contribution in [0.25, 0.3) is 0 Å². The van der Waals surface area contributed by atoms with E-state index < -0.39 is 0 Å². The predicted octanol–water partition coefficient (Wildman–Crippen LogP) is 4.77. The van der Waals surface area contributed by atoms with E-state index in [0.717, 1.165) is 0 Å². The summed E-state index contributed by atoms with van der Waals surface area (Å²) in [6.07, 6.45) is 1.48. The Labute approximate surface area is 183 Å². The van der Waals surface area contributed by atoms with Gasteiger partial charge in [-0.1, -0.05) is 35.3 Å². The van der Waals surface area contributed by atoms with Gasteiger partial charge >= 0.3 is 0 Å². The van der Waals surface area contributed by atoms with Crippen LogP contribution < -0.4 is 15.5 Å². The van der Waals surface area contributed by atoms with Gasteiger partial charge in [0.15, 0.2) is 6.61 Å². The number of ether oxygens (including phenoxy) is 1. The molecule has 0 saturated carbocycles. The number of amides is 2. The van der Waals surface area contributed by atoms with Crippen LogP contribution in [0.1, 0.15) is 15.9 Å². The molecule has 0 fully saturated rings. The highest BCUT2D eigenvalue weighted by Gasteiger charge is 2.05. The number of hydrogen-bond acceptors (Lipinski definition) is 4. The second-order valence-electron chi connectivity index (χ2n) is 6.12. The van der Waals surface area contributed by atoms with E-state index in [0.29, 0.717) is 32.6 Å². The number of halogens is 2. The fraction of sp³-hybridized carbons (Fsp3) is 0.0455. The van der Waals surface area contributed by atoms with Gasteiger partial charge < -0.3 is 10.1 Å². The Morgan fingerprint density at radius 2 is 1.60 bits per heavy atom. The van der Waals surface area contributed by atoms with Gasteiger partial charge in [0.1, 0.15) is 5.75 Å². The third-order valence-corrected chi connectivity index (χ3v) is 4.35. The monoisotopic (exact) mass is 441 g/mol. The van der Waals surface area contributed by atoms with Crippen molar-refractivity contribution in [1.29, 1.82) is 0 Å². The van der Waals surface area contributed by atoms with E-state index in [2.05, 4.69) is 15.8 Å².